The highest BCUT2D eigenvalue weighted by molar-refractivity contribution is 7.87. The summed E-state index contributed by atoms with van der Waals surface area (Å²) in [6, 6.07) is 0. The van der Waals surface area contributed by atoms with Crippen LogP contribution in [0.5, 0.6) is 0 Å². The summed E-state index contributed by atoms with van der Waals surface area (Å²) >= 11 is 0. The van der Waals surface area contributed by atoms with Gasteiger partial charge < -0.3 is 9.64 Å². The molecule has 20 heavy (non-hydrogen) atoms. The number of piperazine rings is 1. The van der Waals surface area contributed by atoms with E-state index in [4.69, 9.17) is 4.74 Å². The number of nitrogens with one attached hydrogen (secondary N) is 1. The lowest BCUT2D eigenvalue weighted by molar-refractivity contribution is 0.0192. The Bertz CT molecular complexity index is 422. The van der Waals surface area contributed by atoms with Crippen molar-refractivity contribution in [3.8, 4) is 0 Å². The van der Waals surface area contributed by atoms with Crippen LogP contribution in [0.25, 0.3) is 0 Å². The van der Waals surface area contributed by atoms with E-state index in [0.717, 1.165) is 6.42 Å². The summed E-state index contributed by atoms with van der Waals surface area (Å²) in [5, 5.41) is 0. The summed E-state index contributed by atoms with van der Waals surface area (Å²) in [5.41, 5.74) is -0.539. The fourth-order valence-corrected chi connectivity index (χ4v) is 3.05. The number of amides is 1. The van der Waals surface area contributed by atoms with Crippen LogP contribution in [0.4, 0.5) is 4.79 Å². The molecule has 1 rings (SSSR count). The standard InChI is InChI=1S/C12H25N3O4S/c1-5-6-13-20(17,18)15-9-7-14(8-10-15)11(16)19-12(2,3)4/h13H,5-10H2,1-4H3. The molecule has 0 radical (unpaired) electrons. The fraction of sp³-hybridized carbons (Fsp3) is 0.917. The fourth-order valence-electron chi connectivity index (χ4n) is 1.76. The highest BCUT2D eigenvalue weighted by Gasteiger charge is 2.30. The Kier molecular flexibility index (Phi) is 5.79. The molecule has 1 aliphatic rings. The first kappa shape index (κ1) is 17.2. The van der Waals surface area contributed by atoms with Crippen LogP contribution in [0.2, 0.25) is 0 Å². The first-order valence-electron chi connectivity index (χ1n) is 6.88. The van der Waals surface area contributed by atoms with Gasteiger partial charge in [-0.05, 0) is 27.2 Å². The van der Waals surface area contributed by atoms with Crippen LogP contribution >= 0.6 is 0 Å². The van der Waals surface area contributed by atoms with Crippen LogP contribution in [0.15, 0.2) is 0 Å². The van der Waals surface area contributed by atoms with Crippen molar-refractivity contribution in [1.29, 1.82) is 0 Å². The lowest BCUT2D eigenvalue weighted by Gasteiger charge is -2.34. The number of hydrogen-bond acceptors (Lipinski definition) is 4. The molecule has 0 saturated carbocycles. The quantitative estimate of drug-likeness (QED) is 0.832. The van der Waals surface area contributed by atoms with Crippen molar-refractivity contribution in [3.63, 3.8) is 0 Å². The highest BCUT2D eigenvalue weighted by Crippen LogP contribution is 2.12. The third-order valence-electron chi connectivity index (χ3n) is 2.76. The lowest BCUT2D eigenvalue weighted by Crippen LogP contribution is -2.54. The first-order chi connectivity index (χ1) is 9.15. The predicted octanol–water partition coefficient (Wildman–Crippen LogP) is 0.783. The van der Waals surface area contributed by atoms with Gasteiger partial charge in [0.1, 0.15) is 5.60 Å². The smallest absolute Gasteiger partial charge is 0.410 e. The predicted molar refractivity (Wildman–Crippen MR) is 76.6 cm³/mol. The molecular weight excluding hydrogens is 282 g/mol. The Morgan fingerprint density at radius 1 is 1.20 bits per heavy atom. The molecule has 0 atom stereocenters. The van der Waals surface area contributed by atoms with Gasteiger partial charge in [-0.1, -0.05) is 6.92 Å². The van der Waals surface area contributed by atoms with Crippen LogP contribution in [-0.2, 0) is 14.9 Å². The van der Waals surface area contributed by atoms with Crippen LogP contribution in [0.3, 0.4) is 0 Å². The summed E-state index contributed by atoms with van der Waals surface area (Å²) in [6.07, 6.45) is 0.355. The van der Waals surface area contributed by atoms with Gasteiger partial charge in [0.15, 0.2) is 0 Å². The molecule has 8 heteroatoms. The van der Waals surface area contributed by atoms with E-state index >= 15 is 0 Å². The first-order valence-corrected chi connectivity index (χ1v) is 8.32. The number of hydrogen-bond donors (Lipinski definition) is 1. The maximum atomic E-state index is 11.9. The average molecular weight is 307 g/mol. The number of carbonyl (C=O) groups is 1. The Hall–Kier alpha value is -0.860. The number of rotatable bonds is 4. The number of carbonyl (C=O) groups excluding carboxylic acids is 1. The van der Waals surface area contributed by atoms with E-state index in [2.05, 4.69) is 4.72 Å². The van der Waals surface area contributed by atoms with Gasteiger partial charge in [-0.25, -0.2) is 9.52 Å². The molecule has 0 aromatic carbocycles. The second-order valence-corrected chi connectivity index (χ2v) is 7.52. The van der Waals surface area contributed by atoms with Crippen molar-refractivity contribution in [3.05, 3.63) is 0 Å². The Morgan fingerprint density at radius 2 is 1.75 bits per heavy atom. The summed E-state index contributed by atoms with van der Waals surface area (Å²) < 4.78 is 33.0. The zero-order valence-electron chi connectivity index (χ0n) is 12.7. The molecule has 1 N–H and O–H groups in total. The number of nitrogens with zero attached hydrogens (tertiary/aromatic N) is 2. The Labute approximate surface area is 121 Å². The largest absolute Gasteiger partial charge is 0.444 e. The van der Waals surface area contributed by atoms with E-state index in [1.807, 2.05) is 6.92 Å². The molecule has 0 aromatic rings. The minimum Gasteiger partial charge on any atom is -0.444 e. The van der Waals surface area contributed by atoms with Crippen LogP contribution in [-0.4, -0.2) is 62.0 Å². The van der Waals surface area contributed by atoms with Crippen molar-refractivity contribution in [2.24, 2.45) is 0 Å². The molecule has 7 nitrogen and oxygen atoms in total. The van der Waals surface area contributed by atoms with Crippen LogP contribution in [0, 0.1) is 0 Å². The molecule has 1 saturated heterocycles. The molecule has 0 bridgehead atoms. The van der Waals surface area contributed by atoms with E-state index in [9.17, 15) is 13.2 Å². The van der Waals surface area contributed by atoms with E-state index < -0.39 is 21.9 Å². The van der Waals surface area contributed by atoms with Gasteiger partial charge in [0.25, 0.3) is 10.2 Å². The molecule has 0 aliphatic carbocycles. The maximum Gasteiger partial charge on any atom is 0.410 e. The average Bonchev–Trinajstić information content (AvgIpc) is 2.34. The molecule has 1 fully saturated rings. The molecule has 0 aromatic heterocycles. The van der Waals surface area contributed by atoms with Crippen molar-refractivity contribution in [1.82, 2.24) is 13.9 Å². The van der Waals surface area contributed by atoms with Gasteiger partial charge in [-0.2, -0.15) is 12.7 Å². The minimum absolute atomic E-state index is 0.290. The molecule has 1 heterocycles. The van der Waals surface area contributed by atoms with Gasteiger partial charge in [-0.3, -0.25) is 0 Å². The Morgan fingerprint density at radius 3 is 2.20 bits per heavy atom. The second-order valence-electron chi connectivity index (χ2n) is 5.77. The van der Waals surface area contributed by atoms with Crippen molar-refractivity contribution in [2.75, 3.05) is 32.7 Å². The highest BCUT2D eigenvalue weighted by atomic mass is 32.2. The second kappa shape index (κ2) is 6.73. The zero-order valence-corrected chi connectivity index (χ0v) is 13.5. The molecule has 1 amide bonds. The van der Waals surface area contributed by atoms with Crippen molar-refractivity contribution >= 4 is 16.3 Å². The molecular formula is C12H25N3O4S. The minimum atomic E-state index is -3.43. The summed E-state index contributed by atoms with van der Waals surface area (Å²) in [4.78, 5) is 13.4. The summed E-state index contributed by atoms with van der Waals surface area (Å²) in [7, 11) is -3.43. The molecule has 1 aliphatic heterocycles. The molecule has 0 spiro atoms. The van der Waals surface area contributed by atoms with E-state index in [1.165, 1.54) is 9.21 Å². The van der Waals surface area contributed by atoms with E-state index in [-0.39, 0.29) is 13.1 Å². The van der Waals surface area contributed by atoms with Gasteiger partial charge in [0.2, 0.25) is 0 Å². The van der Waals surface area contributed by atoms with Gasteiger partial charge >= 0.3 is 6.09 Å². The van der Waals surface area contributed by atoms with Crippen LogP contribution in [0.1, 0.15) is 34.1 Å². The maximum absolute atomic E-state index is 11.9. The van der Waals surface area contributed by atoms with Gasteiger partial charge in [0, 0.05) is 32.7 Å². The normalized spacial score (nSPS) is 18.1. The third kappa shape index (κ3) is 5.26. The third-order valence-corrected chi connectivity index (χ3v) is 4.38. The van der Waals surface area contributed by atoms with E-state index in [0.29, 0.717) is 19.6 Å². The van der Waals surface area contributed by atoms with Gasteiger partial charge in [-0.15, -0.1) is 0 Å². The lowest BCUT2D eigenvalue weighted by atomic mass is 10.2. The Balaban J connectivity index is 2.49. The van der Waals surface area contributed by atoms with Crippen molar-refractivity contribution < 1.29 is 17.9 Å². The van der Waals surface area contributed by atoms with E-state index in [1.54, 1.807) is 20.8 Å². The van der Waals surface area contributed by atoms with Gasteiger partial charge in [0.05, 0.1) is 0 Å². The van der Waals surface area contributed by atoms with Crippen molar-refractivity contribution in [2.45, 2.75) is 39.7 Å². The van der Waals surface area contributed by atoms with Crippen LogP contribution < -0.4 is 4.72 Å². The summed E-state index contributed by atoms with van der Waals surface area (Å²) in [5.74, 6) is 0. The topological polar surface area (TPSA) is 79.0 Å². The SMILES string of the molecule is CCCNS(=O)(=O)N1CCN(C(=O)OC(C)(C)C)CC1. The zero-order chi connectivity index (χ0) is 15.4. The molecule has 0 unspecified atom stereocenters. The summed E-state index contributed by atoms with van der Waals surface area (Å²) in [6.45, 7) is 9.03. The monoisotopic (exact) mass is 307 g/mol. The number of ether oxygens (including phenoxy) is 1. The molecule has 118 valence electrons.